The van der Waals surface area contributed by atoms with Crippen LogP contribution in [-0.2, 0) is 9.53 Å². The number of rotatable bonds is 4. The van der Waals surface area contributed by atoms with Gasteiger partial charge in [0, 0.05) is 5.69 Å². The Morgan fingerprint density at radius 3 is 2.52 bits per heavy atom. The Balaban J connectivity index is 1.92. The number of carbonyl (C=O) groups excluding carboxylic acids is 2. The molecule has 1 aliphatic heterocycles. The summed E-state index contributed by atoms with van der Waals surface area (Å²) < 4.78 is 5.12. The Labute approximate surface area is 125 Å². The molecular weight excluding hydrogens is 268 g/mol. The summed E-state index contributed by atoms with van der Waals surface area (Å²) in [5.41, 5.74) is 1.17. The molecule has 5 nitrogen and oxygen atoms in total. The highest BCUT2D eigenvalue weighted by molar-refractivity contribution is 5.95. The third-order valence-corrected chi connectivity index (χ3v) is 3.36. The first kappa shape index (κ1) is 15.5. The first-order chi connectivity index (χ1) is 10.1. The van der Waals surface area contributed by atoms with Crippen molar-refractivity contribution in [1.29, 1.82) is 0 Å². The van der Waals surface area contributed by atoms with Crippen LogP contribution in [0.25, 0.3) is 0 Å². The van der Waals surface area contributed by atoms with Gasteiger partial charge in [-0.05, 0) is 57.5 Å². The van der Waals surface area contributed by atoms with Crippen LogP contribution in [0.5, 0.6) is 0 Å². The molecule has 5 heteroatoms. The summed E-state index contributed by atoms with van der Waals surface area (Å²) in [7, 11) is 0. The van der Waals surface area contributed by atoms with Crippen molar-refractivity contribution in [2.24, 2.45) is 0 Å². The van der Waals surface area contributed by atoms with Gasteiger partial charge in [-0.2, -0.15) is 0 Å². The second kappa shape index (κ2) is 7.22. The maximum atomic E-state index is 12.1. The van der Waals surface area contributed by atoms with Crippen molar-refractivity contribution in [3.8, 4) is 0 Å². The van der Waals surface area contributed by atoms with Crippen LogP contribution in [0.3, 0.4) is 0 Å². The Hall–Kier alpha value is -1.88. The van der Waals surface area contributed by atoms with Crippen LogP contribution in [0.4, 0.5) is 5.69 Å². The van der Waals surface area contributed by atoms with E-state index in [4.69, 9.17) is 4.74 Å². The summed E-state index contributed by atoms with van der Waals surface area (Å²) in [6, 6.07) is 6.64. The van der Waals surface area contributed by atoms with Crippen LogP contribution in [0.1, 0.15) is 43.5 Å². The van der Waals surface area contributed by atoms with Gasteiger partial charge in [0.05, 0.1) is 17.7 Å². The maximum absolute atomic E-state index is 12.1. The van der Waals surface area contributed by atoms with Gasteiger partial charge < -0.3 is 15.4 Å². The van der Waals surface area contributed by atoms with E-state index in [1.807, 2.05) is 13.8 Å². The zero-order valence-corrected chi connectivity index (χ0v) is 12.5. The summed E-state index contributed by atoms with van der Waals surface area (Å²) in [4.78, 5) is 23.8. The van der Waals surface area contributed by atoms with Crippen molar-refractivity contribution in [3.63, 3.8) is 0 Å². The highest BCUT2D eigenvalue weighted by atomic mass is 16.5. The standard InChI is InChI=1S/C16H22N2O3/c1-11(2)21-16(20)12-6-8-13(9-7-12)18-15(19)14-5-3-4-10-17-14/h6-9,11,14,17H,3-5,10H2,1-2H3,(H,18,19)/t14-/m0/s1. The molecule has 1 amide bonds. The number of piperidine rings is 1. The number of ether oxygens (including phenoxy) is 1. The molecule has 0 saturated carbocycles. The van der Waals surface area contributed by atoms with E-state index in [1.165, 1.54) is 0 Å². The predicted octanol–water partition coefficient (Wildman–Crippen LogP) is 2.33. The molecule has 1 aromatic rings. The number of hydrogen-bond donors (Lipinski definition) is 2. The summed E-state index contributed by atoms with van der Waals surface area (Å²) in [6.45, 7) is 4.51. The van der Waals surface area contributed by atoms with Crippen LogP contribution >= 0.6 is 0 Å². The molecule has 0 unspecified atom stereocenters. The topological polar surface area (TPSA) is 67.4 Å². The number of esters is 1. The van der Waals surface area contributed by atoms with Gasteiger partial charge in [-0.15, -0.1) is 0 Å². The summed E-state index contributed by atoms with van der Waals surface area (Å²) in [6.07, 6.45) is 2.92. The first-order valence-corrected chi connectivity index (χ1v) is 7.41. The molecule has 2 rings (SSSR count). The van der Waals surface area contributed by atoms with Crippen molar-refractivity contribution in [3.05, 3.63) is 29.8 Å². The molecule has 0 aromatic heterocycles. The maximum Gasteiger partial charge on any atom is 0.338 e. The molecule has 1 heterocycles. The van der Waals surface area contributed by atoms with Crippen molar-refractivity contribution >= 4 is 17.6 Å². The highest BCUT2D eigenvalue weighted by Crippen LogP contribution is 2.14. The van der Waals surface area contributed by atoms with E-state index in [0.29, 0.717) is 11.3 Å². The fourth-order valence-electron chi connectivity index (χ4n) is 2.28. The van der Waals surface area contributed by atoms with Crippen molar-refractivity contribution < 1.29 is 14.3 Å². The minimum atomic E-state index is -0.350. The normalized spacial score (nSPS) is 18.3. The Morgan fingerprint density at radius 2 is 1.95 bits per heavy atom. The molecule has 0 aliphatic carbocycles. The first-order valence-electron chi connectivity index (χ1n) is 7.41. The lowest BCUT2D eigenvalue weighted by Gasteiger charge is -2.22. The third-order valence-electron chi connectivity index (χ3n) is 3.36. The number of anilines is 1. The van der Waals surface area contributed by atoms with Gasteiger partial charge in [-0.1, -0.05) is 6.42 Å². The van der Waals surface area contributed by atoms with Gasteiger partial charge in [-0.25, -0.2) is 4.79 Å². The zero-order valence-electron chi connectivity index (χ0n) is 12.5. The second-order valence-electron chi connectivity index (χ2n) is 5.52. The van der Waals surface area contributed by atoms with Gasteiger partial charge in [0.25, 0.3) is 0 Å². The Bertz CT molecular complexity index is 491. The second-order valence-corrected chi connectivity index (χ2v) is 5.52. The smallest absolute Gasteiger partial charge is 0.338 e. The number of amides is 1. The molecule has 114 valence electrons. The van der Waals surface area contributed by atoms with E-state index in [2.05, 4.69) is 10.6 Å². The molecule has 1 saturated heterocycles. The summed E-state index contributed by atoms with van der Waals surface area (Å²) in [5, 5.41) is 6.07. The molecule has 2 N–H and O–H groups in total. The average Bonchev–Trinajstić information content (AvgIpc) is 2.48. The third kappa shape index (κ3) is 4.56. The van der Waals surface area contributed by atoms with Crippen LogP contribution < -0.4 is 10.6 Å². The lowest BCUT2D eigenvalue weighted by atomic mass is 10.0. The van der Waals surface area contributed by atoms with Crippen LogP contribution in [0, 0.1) is 0 Å². The average molecular weight is 290 g/mol. The number of hydrogen-bond acceptors (Lipinski definition) is 4. The number of benzene rings is 1. The minimum absolute atomic E-state index is 0.0211. The van der Waals surface area contributed by atoms with E-state index < -0.39 is 0 Å². The van der Waals surface area contributed by atoms with Crippen molar-refractivity contribution in [2.45, 2.75) is 45.3 Å². The molecule has 1 atom stereocenters. The van der Waals surface area contributed by atoms with Gasteiger partial charge >= 0.3 is 5.97 Å². The van der Waals surface area contributed by atoms with Gasteiger partial charge in [0.1, 0.15) is 0 Å². The van der Waals surface area contributed by atoms with E-state index in [9.17, 15) is 9.59 Å². The SMILES string of the molecule is CC(C)OC(=O)c1ccc(NC(=O)[C@@H]2CCCCN2)cc1. The van der Waals surface area contributed by atoms with Crippen LogP contribution in [-0.4, -0.2) is 30.6 Å². The number of nitrogens with one attached hydrogen (secondary N) is 2. The van der Waals surface area contributed by atoms with Gasteiger partial charge in [0.15, 0.2) is 0 Å². The lowest BCUT2D eigenvalue weighted by molar-refractivity contribution is -0.118. The lowest BCUT2D eigenvalue weighted by Crippen LogP contribution is -2.43. The highest BCUT2D eigenvalue weighted by Gasteiger charge is 2.20. The van der Waals surface area contributed by atoms with Crippen molar-refractivity contribution in [2.75, 3.05) is 11.9 Å². The quantitative estimate of drug-likeness (QED) is 0.835. The van der Waals surface area contributed by atoms with Crippen LogP contribution in [0.15, 0.2) is 24.3 Å². The molecule has 1 fully saturated rings. The Kier molecular flexibility index (Phi) is 5.33. The Morgan fingerprint density at radius 1 is 1.24 bits per heavy atom. The van der Waals surface area contributed by atoms with E-state index >= 15 is 0 Å². The van der Waals surface area contributed by atoms with E-state index in [-0.39, 0.29) is 24.0 Å². The zero-order chi connectivity index (χ0) is 15.2. The van der Waals surface area contributed by atoms with Crippen LogP contribution in [0.2, 0.25) is 0 Å². The van der Waals surface area contributed by atoms with Crippen molar-refractivity contribution in [1.82, 2.24) is 5.32 Å². The molecule has 0 spiro atoms. The molecule has 0 radical (unpaired) electrons. The van der Waals surface area contributed by atoms with E-state index in [0.717, 1.165) is 25.8 Å². The van der Waals surface area contributed by atoms with Gasteiger partial charge in [-0.3, -0.25) is 4.79 Å². The largest absolute Gasteiger partial charge is 0.459 e. The minimum Gasteiger partial charge on any atom is -0.459 e. The summed E-state index contributed by atoms with van der Waals surface area (Å²) in [5.74, 6) is -0.371. The molecule has 21 heavy (non-hydrogen) atoms. The van der Waals surface area contributed by atoms with Gasteiger partial charge in [0.2, 0.25) is 5.91 Å². The molecular formula is C16H22N2O3. The molecule has 1 aromatic carbocycles. The predicted molar refractivity (Wildman–Crippen MR) is 81.3 cm³/mol. The summed E-state index contributed by atoms with van der Waals surface area (Å²) >= 11 is 0. The van der Waals surface area contributed by atoms with E-state index in [1.54, 1.807) is 24.3 Å². The monoisotopic (exact) mass is 290 g/mol. The number of carbonyl (C=O) groups is 2. The molecule has 0 bridgehead atoms. The molecule has 1 aliphatic rings. The fourth-order valence-corrected chi connectivity index (χ4v) is 2.28. The fraction of sp³-hybridized carbons (Fsp3) is 0.500.